The lowest BCUT2D eigenvalue weighted by molar-refractivity contribution is 0.282. The summed E-state index contributed by atoms with van der Waals surface area (Å²) in [6.45, 7) is 0.0604. The summed E-state index contributed by atoms with van der Waals surface area (Å²) >= 11 is 0. The SMILES string of the molecule is OCc1[c]c2ccccc2cc1. The van der Waals surface area contributed by atoms with Crippen molar-refractivity contribution in [2.24, 2.45) is 0 Å². The molecule has 1 radical (unpaired) electrons. The topological polar surface area (TPSA) is 20.2 Å². The first kappa shape index (κ1) is 7.32. The molecule has 0 saturated heterocycles. The molecule has 2 aromatic carbocycles. The van der Waals surface area contributed by atoms with Crippen LogP contribution in [0.5, 0.6) is 0 Å². The number of aliphatic hydroxyl groups excluding tert-OH is 1. The minimum atomic E-state index is 0.0604. The second kappa shape index (κ2) is 2.95. The molecule has 1 heteroatoms. The number of rotatable bonds is 1. The van der Waals surface area contributed by atoms with Crippen molar-refractivity contribution in [2.45, 2.75) is 6.61 Å². The molecule has 59 valence electrons. The predicted molar refractivity (Wildman–Crippen MR) is 48.7 cm³/mol. The average molecular weight is 157 g/mol. The van der Waals surface area contributed by atoms with Gasteiger partial charge < -0.3 is 5.11 Å². The average Bonchev–Trinajstić information content (AvgIpc) is 2.17. The Kier molecular flexibility index (Phi) is 1.80. The molecule has 2 rings (SSSR count). The minimum Gasteiger partial charge on any atom is -0.392 e. The zero-order chi connectivity index (χ0) is 8.39. The van der Waals surface area contributed by atoms with Gasteiger partial charge in [-0.05, 0) is 22.4 Å². The van der Waals surface area contributed by atoms with Gasteiger partial charge in [-0.2, -0.15) is 0 Å². The van der Waals surface area contributed by atoms with Crippen LogP contribution in [0.3, 0.4) is 0 Å². The first-order valence-electron chi connectivity index (χ1n) is 3.91. The van der Waals surface area contributed by atoms with Crippen LogP contribution in [-0.4, -0.2) is 5.11 Å². The highest BCUT2D eigenvalue weighted by Gasteiger charge is 1.93. The van der Waals surface area contributed by atoms with Crippen molar-refractivity contribution >= 4 is 10.8 Å². The quantitative estimate of drug-likeness (QED) is 0.672. The van der Waals surface area contributed by atoms with E-state index in [2.05, 4.69) is 6.07 Å². The van der Waals surface area contributed by atoms with E-state index in [0.29, 0.717) is 0 Å². The monoisotopic (exact) mass is 157 g/mol. The van der Waals surface area contributed by atoms with Crippen LogP contribution >= 0.6 is 0 Å². The van der Waals surface area contributed by atoms with Crippen molar-refractivity contribution in [3.05, 3.63) is 48.0 Å². The fourth-order valence-corrected chi connectivity index (χ4v) is 1.25. The maximum Gasteiger partial charge on any atom is 0.0688 e. The van der Waals surface area contributed by atoms with E-state index in [1.54, 1.807) is 0 Å². The Morgan fingerprint density at radius 3 is 2.75 bits per heavy atom. The fourth-order valence-electron chi connectivity index (χ4n) is 1.25. The largest absolute Gasteiger partial charge is 0.392 e. The molecule has 0 unspecified atom stereocenters. The Hall–Kier alpha value is -1.34. The number of fused-ring (bicyclic) bond motifs is 1. The lowest BCUT2D eigenvalue weighted by atomic mass is 10.1. The van der Waals surface area contributed by atoms with Crippen molar-refractivity contribution < 1.29 is 5.11 Å². The normalized spacial score (nSPS) is 10.4. The molecule has 0 heterocycles. The van der Waals surface area contributed by atoms with Crippen LogP contribution in [0.15, 0.2) is 36.4 Å². The molecule has 0 atom stereocenters. The van der Waals surface area contributed by atoms with Gasteiger partial charge in [-0.3, -0.25) is 0 Å². The van der Waals surface area contributed by atoms with Gasteiger partial charge in [0.05, 0.1) is 6.61 Å². The van der Waals surface area contributed by atoms with Crippen molar-refractivity contribution in [3.8, 4) is 0 Å². The summed E-state index contributed by atoms with van der Waals surface area (Å²) in [4.78, 5) is 0. The minimum absolute atomic E-state index is 0.0604. The Labute approximate surface area is 71.3 Å². The summed E-state index contributed by atoms with van der Waals surface area (Å²) in [7, 11) is 0. The molecule has 1 N–H and O–H groups in total. The molecule has 0 bridgehead atoms. The van der Waals surface area contributed by atoms with E-state index in [0.717, 1.165) is 16.3 Å². The third-order valence-electron chi connectivity index (χ3n) is 1.89. The Morgan fingerprint density at radius 2 is 1.92 bits per heavy atom. The molecule has 0 amide bonds. The first-order valence-corrected chi connectivity index (χ1v) is 3.91. The number of hydrogen-bond donors (Lipinski definition) is 1. The number of hydrogen-bond acceptors (Lipinski definition) is 1. The Morgan fingerprint density at radius 1 is 1.08 bits per heavy atom. The molecular weight excluding hydrogens is 148 g/mol. The molecule has 0 aliphatic carbocycles. The van der Waals surface area contributed by atoms with Crippen LogP contribution < -0.4 is 0 Å². The molecule has 0 aromatic heterocycles. The second-order valence-electron chi connectivity index (χ2n) is 2.73. The van der Waals surface area contributed by atoms with Crippen LogP contribution in [0, 0.1) is 6.07 Å². The number of benzene rings is 2. The van der Waals surface area contributed by atoms with Crippen LogP contribution in [0.4, 0.5) is 0 Å². The summed E-state index contributed by atoms with van der Waals surface area (Å²) in [6.07, 6.45) is 0. The van der Waals surface area contributed by atoms with Gasteiger partial charge in [0.2, 0.25) is 0 Å². The Balaban J connectivity index is 2.67. The van der Waals surface area contributed by atoms with Crippen molar-refractivity contribution in [2.75, 3.05) is 0 Å². The van der Waals surface area contributed by atoms with Gasteiger partial charge in [-0.1, -0.05) is 36.4 Å². The molecule has 12 heavy (non-hydrogen) atoms. The molecule has 0 aliphatic heterocycles. The summed E-state index contributed by atoms with van der Waals surface area (Å²) < 4.78 is 0. The van der Waals surface area contributed by atoms with Crippen molar-refractivity contribution in [1.82, 2.24) is 0 Å². The van der Waals surface area contributed by atoms with E-state index >= 15 is 0 Å². The van der Waals surface area contributed by atoms with Gasteiger partial charge >= 0.3 is 0 Å². The highest BCUT2D eigenvalue weighted by atomic mass is 16.3. The standard InChI is InChI=1S/C11H9O/c12-8-9-5-6-10-3-1-2-4-11(10)7-9/h1-6,12H,8H2. The highest BCUT2D eigenvalue weighted by molar-refractivity contribution is 5.82. The molecule has 2 aromatic rings. The van der Waals surface area contributed by atoms with Crippen LogP contribution in [0.1, 0.15) is 5.56 Å². The van der Waals surface area contributed by atoms with Gasteiger partial charge in [0.1, 0.15) is 0 Å². The van der Waals surface area contributed by atoms with Crippen LogP contribution in [-0.2, 0) is 6.61 Å². The zero-order valence-corrected chi connectivity index (χ0v) is 6.62. The zero-order valence-electron chi connectivity index (χ0n) is 6.62. The molecule has 0 spiro atoms. The van der Waals surface area contributed by atoms with E-state index < -0.39 is 0 Å². The van der Waals surface area contributed by atoms with Crippen molar-refractivity contribution in [3.63, 3.8) is 0 Å². The first-order chi connectivity index (χ1) is 5.90. The van der Waals surface area contributed by atoms with Crippen LogP contribution in [0.25, 0.3) is 10.8 Å². The summed E-state index contributed by atoms with van der Waals surface area (Å²) in [6, 6.07) is 15.0. The maximum atomic E-state index is 8.87. The van der Waals surface area contributed by atoms with Gasteiger partial charge in [-0.25, -0.2) is 0 Å². The molecule has 0 aliphatic rings. The Bertz CT molecular complexity index is 393. The summed E-state index contributed by atoms with van der Waals surface area (Å²) in [5.41, 5.74) is 0.841. The van der Waals surface area contributed by atoms with Gasteiger partial charge in [-0.15, -0.1) is 0 Å². The molecule has 1 nitrogen and oxygen atoms in total. The maximum absolute atomic E-state index is 8.87. The third-order valence-corrected chi connectivity index (χ3v) is 1.89. The molecule has 0 saturated carbocycles. The highest BCUT2D eigenvalue weighted by Crippen LogP contribution is 2.14. The third kappa shape index (κ3) is 1.19. The molecule has 0 fully saturated rings. The fraction of sp³-hybridized carbons (Fsp3) is 0.0909. The van der Waals surface area contributed by atoms with Gasteiger partial charge in [0.15, 0.2) is 0 Å². The summed E-state index contributed by atoms with van der Waals surface area (Å²) in [5.74, 6) is 0. The number of aliphatic hydroxyl groups is 1. The van der Waals surface area contributed by atoms with E-state index in [1.807, 2.05) is 36.4 Å². The van der Waals surface area contributed by atoms with E-state index in [-0.39, 0.29) is 6.61 Å². The van der Waals surface area contributed by atoms with Crippen molar-refractivity contribution in [1.29, 1.82) is 0 Å². The van der Waals surface area contributed by atoms with Gasteiger partial charge in [0, 0.05) is 0 Å². The summed E-state index contributed by atoms with van der Waals surface area (Å²) in [5, 5.41) is 11.1. The predicted octanol–water partition coefficient (Wildman–Crippen LogP) is 2.13. The lowest BCUT2D eigenvalue weighted by Crippen LogP contribution is -1.82. The van der Waals surface area contributed by atoms with Gasteiger partial charge in [0.25, 0.3) is 0 Å². The van der Waals surface area contributed by atoms with Crippen LogP contribution in [0.2, 0.25) is 0 Å². The smallest absolute Gasteiger partial charge is 0.0688 e. The van der Waals surface area contributed by atoms with E-state index in [9.17, 15) is 0 Å². The second-order valence-corrected chi connectivity index (χ2v) is 2.73. The van der Waals surface area contributed by atoms with E-state index in [4.69, 9.17) is 5.11 Å². The molecular formula is C11H9O. The lowest BCUT2D eigenvalue weighted by Gasteiger charge is -1.98. The van der Waals surface area contributed by atoms with E-state index in [1.165, 1.54) is 0 Å².